The van der Waals surface area contributed by atoms with E-state index in [1.165, 1.54) is 6.08 Å². The van der Waals surface area contributed by atoms with Crippen molar-refractivity contribution >= 4 is 6.29 Å². The molecular formula is C13H14FeO-6. The Labute approximate surface area is 102 Å². The summed E-state index contributed by atoms with van der Waals surface area (Å²) in [5.74, 6) is 0. The van der Waals surface area contributed by atoms with E-state index in [1.807, 2.05) is 60.7 Å². The van der Waals surface area contributed by atoms with Crippen LogP contribution in [-0.4, -0.2) is 6.29 Å². The fourth-order valence-electron chi connectivity index (χ4n) is 0.642. The van der Waals surface area contributed by atoms with Gasteiger partial charge in [-0.25, -0.2) is 12.1 Å². The number of aldehydes is 1. The van der Waals surface area contributed by atoms with E-state index in [1.54, 1.807) is 0 Å². The zero-order valence-electron chi connectivity index (χ0n) is 8.40. The van der Waals surface area contributed by atoms with Crippen LogP contribution in [0.4, 0.5) is 0 Å². The molecule has 0 radical (unpaired) electrons. The maximum atomic E-state index is 9.06. The smallest absolute Gasteiger partial charge is 0.142 e. The molecule has 0 heterocycles. The maximum Gasteiger partial charge on any atom is 0.142 e. The topological polar surface area (TPSA) is 17.1 Å². The molecule has 2 aromatic rings. The number of carbonyl (C=O) groups is 1. The molecule has 0 saturated heterocycles. The first-order valence-corrected chi connectivity index (χ1v) is 4.31. The van der Waals surface area contributed by atoms with Gasteiger partial charge < -0.3 is 30.3 Å². The zero-order valence-corrected chi connectivity index (χ0v) is 9.50. The summed E-state index contributed by atoms with van der Waals surface area (Å²) >= 11 is 0. The first-order valence-electron chi connectivity index (χ1n) is 4.31. The van der Waals surface area contributed by atoms with Crippen molar-refractivity contribution < 1.29 is 21.9 Å². The molecule has 0 spiro atoms. The Bertz CT molecular complexity index is 216. The van der Waals surface area contributed by atoms with Crippen molar-refractivity contribution in [3.8, 4) is 0 Å². The fourth-order valence-corrected chi connectivity index (χ4v) is 0.642. The van der Waals surface area contributed by atoms with Gasteiger partial charge in [-0.3, -0.25) is 4.79 Å². The van der Waals surface area contributed by atoms with E-state index in [2.05, 4.69) is 6.58 Å². The largest absolute Gasteiger partial charge is 0.748 e. The summed E-state index contributed by atoms with van der Waals surface area (Å²) < 4.78 is 0. The van der Waals surface area contributed by atoms with Crippen LogP contribution in [0.3, 0.4) is 0 Å². The molecule has 1 nitrogen and oxygen atoms in total. The molecule has 0 fully saturated rings. The minimum absolute atomic E-state index is 0. The van der Waals surface area contributed by atoms with Crippen molar-refractivity contribution in [2.75, 3.05) is 0 Å². The number of hydrogen-bond donors (Lipinski definition) is 0. The third kappa shape index (κ3) is 15.4. The van der Waals surface area contributed by atoms with Crippen LogP contribution in [0, 0.1) is 0 Å². The summed E-state index contributed by atoms with van der Waals surface area (Å²) in [6.45, 7) is 3.11. The Balaban J connectivity index is 0. The summed E-state index contributed by atoms with van der Waals surface area (Å²) in [6, 6.07) is 20.0. The molecule has 0 aliphatic carbocycles. The van der Waals surface area contributed by atoms with E-state index in [9.17, 15) is 0 Å². The van der Waals surface area contributed by atoms with Crippen LogP contribution in [0.5, 0.6) is 0 Å². The Morgan fingerprint density at radius 1 is 0.933 bits per heavy atom. The molecule has 0 aliphatic heterocycles. The third-order valence-corrected chi connectivity index (χ3v) is 1.21. The van der Waals surface area contributed by atoms with Gasteiger partial charge in [0.25, 0.3) is 0 Å². The van der Waals surface area contributed by atoms with Gasteiger partial charge in [-0.2, -0.15) is 18.2 Å². The van der Waals surface area contributed by atoms with Crippen molar-refractivity contribution in [1.29, 1.82) is 0 Å². The van der Waals surface area contributed by atoms with Crippen molar-refractivity contribution in [2.24, 2.45) is 0 Å². The van der Waals surface area contributed by atoms with E-state index in [0.29, 0.717) is 6.29 Å². The molecule has 0 atom stereocenters. The summed E-state index contributed by atoms with van der Waals surface area (Å²) in [6.07, 6.45) is 1.83. The zero-order chi connectivity index (χ0) is 10.5. The Morgan fingerprint density at radius 2 is 1.27 bits per heavy atom. The van der Waals surface area contributed by atoms with Gasteiger partial charge in [-0.05, 0) is 6.08 Å². The second-order valence-corrected chi connectivity index (χ2v) is 2.30. The van der Waals surface area contributed by atoms with E-state index < -0.39 is 0 Å². The molecule has 0 N–H and O–H groups in total. The van der Waals surface area contributed by atoms with Crippen LogP contribution in [0.1, 0.15) is 0 Å². The normalized spacial score (nSPS) is 6.67. The minimum Gasteiger partial charge on any atom is -0.748 e. The van der Waals surface area contributed by atoms with Crippen LogP contribution in [0.2, 0.25) is 0 Å². The van der Waals surface area contributed by atoms with E-state index in [4.69, 9.17) is 4.79 Å². The Morgan fingerprint density at radius 3 is 1.40 bits per heavy atom. The number of hydrogen-bond acceptors (Lipinski definition) is 1. The second-order valence-electron chi connectivity index (χ2n) is 2.30. The van der Waals surface area contributed by atoms with Crippen LogP contribution in [0.15, 0.2) is 73.3 Å². The molecule has 15 heavy (non-hydrogen) atoms. The summed E-state index contributed by atoms with van der Waals surface area (Å²) in [4.78, 5) is 9.06. The van der Waals surface area contributed by atoms with Crippen LogP contribution in [0.25, 0.3) is 0 Å². The monoisotopic (exact) mass is 242 g/mol. The molecule has 86 valence electrons. The molecule has 0 amide bonds. The van der Waals surface area contributed by atoms with Crippen molar-refractivity contribution in [3.63, 3.8) is 0 Å². The molecule has 2 rings (SSSR count). The molecular weight excluding hydrogens is 228 g/mol. The van der Waals surface area contributed by atoms with Crippen LogP contribution in [-0.2, 0) is 21.9 Å². The molecule has 2 heteroatoms. The molecule has 0 bridgehead atoms. The second kappa shape index (κ2) is 15.1. The minimum atomic E-state index is 0. The fraction of sp³-hybridized carbons (Fsp3) is 0. The van der Waals surface area contributed by atoms with Crippen LogP contribution < -0.4 is 0 Å². The predicted molar refractivity (Wildman–Crippen MR) is 60.3 cm³/mol. The summed E-state index contributed by atoms with van der Waals surface area (Å²) in [5, 5.41) is 0. The first-order chi connectivity index (χ1) is 6.91. The van der Waals surface area contributed by atoms with Crippen LogP contribution >= 0.6 is 0 Å². The van der Waals surface area contributed by atoms with Gasteiger partial charge >= 0.3 is 0 Å². The predicted octanol–water partition coefficient (Wildman–Crippen LogP) is 3.18. The van der Waals surface area contributed by atoms with Crippen molar-refractivity contribution in [1.82, 2.24) is 0 Å². The van der Waals surface area contributed by atoms with Gasteiger partial charge in [0.1, 0.15) is 6.29 Å². The molecule has 0 unspecified atom stereocenters. The maximum absolute atomic E-state index is 9.06. The molecule has 0 saturated carbocycles. The van der Waals surface area contributed by atoms with Crippen molar-refractivity contribution in [2.45, 2.75) is 0 Å². The van der Waals surface area contributed by atoms with Gasteiger partial charge in [0.15, 0.2) is 0 Å². The van der Waals surface area contributed by atoms with Crippen molar-refractivity contribution in [3.05, 3.63) is 73.3 Å². The molecule has 0 aliphatic rings. The first kappa shape index (κ1) is 16.1. The number of carbonyl (C=O) groups excluding carboxylic acids is 1. The van der Waals surface area contributed by atoms with Gasteiger partial charge in [-0.15, -0.1) is 0 Å². The van der Waals surface area contributed by atoms with Gasteiger partial charge in [0.05, 0.1) is 0 Å². The average molecular weight is 242 g/mol. The Hall–Kier alpha value is -1.37. The molecule has 2 aromatic carbocycles. The number of rotatable bonds is 1. The van der Waals surface area contributed by atoms with Gasteiger partial charge in [0.2, 0.25) is 0 Å². The average Bonchev–Trinajstić information content (AvgIpc) is 2.94. The summed E-state index contributed by atoms with van der Waals surface area (Å²) in [7, 11) is 0. The summed E-state index contributed by atoms with van der Waals surface area (Å²) in [5.41, 5.74) is 0. The third-order valence-electron chi connectivity index (χ3n) is 1.21. The standard InChI is InChI=1S/2C5H5.C3H4O.Fe/c2*1-2-4-5-3-1;1-2-3-4;/h2*1-5H;2-3H,1H2;/q-5;-1;;. The van der Waals surface area contributed by atoms with Gasteiger partial charge in [-0.1, -0.05) is 6.58 Å². The van der Waals surface area contributed by atoms with E-state index >= 15 is 0 Å². The molecule has 0 aromatic heterocycles. The van der Waals surface area contributed by atoms with E-state index in [-0.39, 0.29) is 17.1 Å². The number of allylic oxidation sites excluding steroid dienone is 1. The van der Waals surface area contributed by atoms with E-state index in [0.717, 1.165) is 0 Å². The quantitative estimate of drug-likeness (QED) is 0.325. The SMILES string of the molecule is C=CC=O.[Fe].[cH-]1[cH-][cH-][cH-][cH-]1.c1cc[cH-]c1. The Kier molecular flexibility index (Phi) is 16.2. The van der Waals surface area contributed by atoms with Gasteiger partial charge in [0, 0.05) is 17.1 Å².